The van der Waals surface area contributed by atoms with Crippen molar-refractivity contribution in [1.29, 1.82) is 0 Å². The Hall–Kier alpha value is -0.410. The van der Waals surface area contributed by atoms with Crippen LogP contribution in [0, 0.1) is 5.92 Å². The topological polar surface area (TPSA) is 38.9 Å². The van der Waals surface area contributed by atoms with Gasteiger partial charge in [-0.2, -0.15) is 0 Å². The number of hydrogen-bond acceptors (Lipinski definition) is 3. The largest absolute Gasteiger partial charge is 0.326 e. The van der Waals surface area contributed by atoms with Crippen molar-refractivity contribution in [3.05, 3.63) is 16.6 Å². The van der Waals surface area contributed by atoms with Crippen molar-refractivity contribution in [3.8, 4) is 0 Å². The quantitative estimate of drug-likeness (QED) is 0.833. The molecule has 1 saturated carbocycles. The first-order valence-electron chi connectivity index (χ1n) is 5.52. The molecule has 1 fully saturated rings. The van der Waals surface area contributed by atoms with Crippen LogP contribution in [0.1, 0.15) is 42.5 Å². The summed E-state index contributed by atoms with van der Waals surface area (Å²) in [4.78, 5) is 1.43. The molecule has 1 heterocycles. The highest BCUT2D eigenvalue weighted by molar-refractivity contribution is 7.05. The molecule has 2 nitrogen and oxygen atoms in total. The average molecular weight is 210 g/mol. The molecule has 0 aromatic carbocycles. The summed E-state index contributed by atoms with van der Waals surface area (Å²) >= 11 is 1.64. The van der Waals surface area contributed by atoms with Crippen molar-refractivity contribution >= 4 is 11.5 Å². The summed E-state index contributed by atoms with van der Waals surface area (Å²) in [6, 6.07) is 0. The molecule has 0 bridgehead atoms. The van der Waals surface area contributed by atoms with Crippen LogP contribution in [0.4, 0.5) is 0 Å². The SMILES string of the molecule is NCc1cnsc1CC1CCCCC1. The zero-order chi connectivity index (χ0) is 9.80. The Labute approximate surface area is 89.7 Å². The van der Waals surface area contributed by atoms with E-state index in [1.165, 1.54) is 49.0 Å². The predicted octanol–water partition coefficient (Wildman–Crippen LogP) is 2.72. The van der Waals surface area contributed by atoms with Gasteiger partial charge in [-0.3, -0.25) is 0 Å². The normalized spacial score (nSPS) is 18.6. The molecule has 2 N–H and O–H groups in total. The van der Waals surface area contributed by atoms with E-state index in [2.05, 4.69) is 4.37 Å². The number of hydrogen-bond donors (Lipinski definition) is 1. The maximum Gasteiger partial charge on any atom is 0.0454 e. The molecule has 0 saturated heterocycles. The molecule has 3 heteroatoms. The Kier molecular flexibility index (Phi) is 3.54. The molecule has 14 heavy (non-hydrogen) atoms. The van der Waals surface area contributed by atoms with E-state index in [0.29, 0.717) is 6.54 Å². The van der Waals surface area contributed by atoms with Gasteiger partial charge in [0.25, 0.3) is 0 Å². The van der Waals surface area contributed by atoms with Gasteiger partial charge in [0, 0.05) is 17.6 Å². The first-order valence-corrected chi connectivity index (χ1v) is 6.30. The van der Waals surface area contributed by atoms with Crippen LogP contribution in [0.3, 0.4) is 0 Å². The summed E-state index contributed by atoms with van der Waals surface area (Å²) in [7, 11) is 0. The molecule has 1 aromatic rings. The van der Waals surface area contributed by atoms with Crippen LogP contribution in [0.5, 0.6) is 0 Å². The number of nitrogens with zero attached hydrogens (tertiary/aromatic N) is 1. The third-order valence-electron chi connectivity index (χ3n) is 3.15. The van der Waals surface area contributed by atoms with Gasteiger partial charge in [-0.25, -0.2) is 4.37 Å². The van der Waals surface area contributed by atoms with Gasteiger partial charge >= 0.3 is 0 Å². The minimum Gasteiger partial charge on any atom is -0.326 e. The van der Waals surface area contributed by atoms with Crippen LogP contribution in [-0.4, -0.2) is 4.37 Å². The Morgan fingerprint density at radius 3 is 2.86 bits per heavy atom. The third-order valence-corrected chi connectivity index (χ3v) is 4.01. The van der Waals surface area contributed by atoms with Crippen molar-refractivity contribution in [2.75, 3.05) is 0 Å². The lowest BCUT2D eigenvalue weighted by Gasteiger charge is -2.20. The maximum atomic E-state index is 5.67. The summed E-state index contributed by atoms with van der Waals surface area (Å²) in [5.41, 5.74) is 6.93. The van der Waals surface area contributed by atoms with Crippen LogP contribution in [-0.2, 0) is 13.0 Å². The predicted molar refractivity (Wildman–Crippen MR) is 60.3 cm³/mol. The van der Waals surface area contributed by atoms with Gasteiger partial charge in [0.15, 0.2) is 0 Å². The van der Waals surface area contributed by atoms with E-state index < -0.39 is 0 Å². The molecule has 0 radical (unpaired) electrons. The molecule has 2 rings (SSSR count). The summed E-state index contributed by atoms with van der Waals surface area (Å²) < 4.78 is 4.22. The fraction of sp³-hybridized carbons (Fsp3) is 0.727. The number of aromatic nitrogens is 1. The summed E-state index contributed by atoms with van der Waals surface area (Å²) in [6.45, 7) is 0.651. The lowest BCUT2D eigenvalue weighted by Crippen LogP contribution is -2.10. The monoisotopic (exact) mass is 210 g/mol. The second-order valence-electron chi connectivity index (χ2n) is 4.19. The van der Waals surface area contributed by atoms with Gasteiger partial charge in [-0.05, 0) is 29.4 Å². The fourth-order valence-corrected chi connectivity index (χ4v) is 3.14. The van der Waals surface area contributed by atoms with Crippen LogP contribution in [0.2, 0.25) is 0 Å². The van der Waals surface area contributed by atoms with E-state index in [4.69, 9.17) is 5.73 Å². The minimum atomic E-state index is 0.651. The number of rotatable bonds is 3. The van der Waals surface area contributed by atoms with Gasteiger partial charge in [-0.15, -0.1) is 0 Å². The van der Waals surface area contributed by atoms with Gasteiger partial charge in [0.1, 0.15) is 0 Å². The zero-order valence-corrected chi connectivity index (χ0v) is 9.35. The first-order chi connectivity index (χ1) is 6.90. The fourth-order valence-electron chi connectivity index (χ4n) is 2.27. The molecule has 0 aliphatic heterocycles. The second-order valence-corrected chi connectivity index (χ2v) is 5.07. The zero-order valence-electron chi connectivity index (χ0n) is 8.54. The summed E-state index contributed by atoms with van der Waals surface area (Å²) in [6.07, 6.45) is 10.2. The van der Waals surface area contributed by atoms with E-state index in [0.717, 1.165) is 5.92 Å². The van der Waals surface area contributed by atoms with E-state index in [9.17, 15) is 0 Å². The molecule has 0 amide bonds. The van der Waals surface area contributed by atoms with Crippen LogP contribution in [0.25, 0.3) is 0 Å². The maximum absolute atomic E-state index is 5.67. The Bertz CT molecular complexity index is 277. The van der Waals surface area contributed by atoms with Crippen LogP contribution >= 0.6 is 11.5 Å². The molecular weight excluding hydrogens is 192 g/mol. The molecule has 1 aliphatic carbocycles. The lowest BCUT2D eigenvalue weighted by molar-refractivity contribution is 0.358. The van der Waals surface area contributed by atoms with Crippen molar-refractivity contribution in [3.63, 3.8) is 0 Å². The molecular formula is C11H18N2S. The van der Waals surface area contributed by atoms with Gasteiger partial charge in [0.05, 0.1) is 0 Å². The second kappa shape index (κ2) is 4.89. The van der Waals surface area contributed by atoms with Crippen molar-refractivity contribution in [2.24, 2.45) is 11.7 Å². The molecule has 0 atom stereocenters. The van der Waals surface area contributed by atoms with E-state index in [1.807, 2.05) is 6.20 Å². The summed E-state index contributed by atoms with van der Waals surface area (Å²) in [5.74, 6) is 0.898. The van der Waals surface area contributed by atoms with E-state index in [-0.39, 0.29) is 0 Å². The average Bonchev–Trinajstić information content (AvgIpc) is 2.67. The highest BCUT2D eigenvalue weighted by atomic mass is 32.1. The molecule has 0 unspecified atom stereocenters. The van der Waals surface area contributed by atoms with Crippen molar-refractivity contribution in [2.45, 2.75) is 45.1 Å². The highest BCUT2D eigenvalue weighted by Gasteiger charge is 2.16. The van der Waals surface area contributed by atoms with E-state index >= 15 is 0 Å². The standard InChI is InChI=1S/C11H18N2S/c12-7-10-8-13-14-11(10)6-9-4-2-1-3-5-9/h8-9H,1-7,12H2. The van der Waals surface area contributed by atoms with Crippen molar-refractivity contribution < 1.29 is 0 Å². The molecule has 0 spiro atoms. The minimum absolute atomic E-state index is 0.651. The molecule has 78 valence electrons. The van der Waals surface area contributed by atoms with E-state index in [1.54, 1.807) is 11.5 Å². The molecule has 1 aliphatic rings. The summed E-state index contributed by atoms with van der Waals surface area (Å²) in [5, 5.41) is 0. The first kappa shape index (κ1) is 10.1. The van der Waals surface area contributed by atoms with Crippen molar-refractivity contribution in [1.82, 2.24) is 4.37 Å². The van der Waals surface area contributed by atoms with Gasteiger partial charge < -0.3 is 5.73 Å². The number of nitrogens with two attached hydrogens (primary N) is 1. The molecule has 1 aromatic heterocycles. The lowest BCUT2D eigenvalue weighted by atomic mass is 9.86. The Balaban J connectivity index is 1.95. The third kappa shape index (κ3) is 2.34. The Morgan fingerprint density at radius 1 is 1.36 bits per heavy atom. The van der Waals surface area contributed by atoms with Crippen LogP contribution < -0.4 is 5.73 Å². The van der Waals surface area contributed by atoms with Crippen LogP contribution in [0.15, 0.2) is 6.20 Å². The van der Waals surface area contributed by atoms with Gasteiger partial charge in [0.2, 0.25) is 0 Å². The smallest absolute Gasteiger partial charge is 0.0454 e. The Morgan fingerprint density at radius 2 is 2.14 bits per heavy atom. The van der Waals surface area contributed by atoms with Gasteiger partial charge in [-0.1, -0.05) is 32.1 Å². The highest BCUT2D eigenvalue weighted by Crippen LogP contribution is 2.28.